The Morgan fingerprint density at radius 3 is 2.78 bits per heavy atom. The van der Waals surface area contributed by atoms with Gasteiger partial charge in [-0.1, -0.05) is 11.6 Å². The topological polar surface area (TPSA) is 64.3 Å². The van der Waals surface area contributed by atoms with Crippen molar-refractivity contribution in [3.05, 3.63) is 23.0 Å². The molecule has 3 aliphatic rings. The SMILES string of the molecule is NC1CC2CN(CC3CCOCC3)C(c3ccc(Cl)nn3)C2C1. The average molecular weight is 337 g/mol. The van der Waals surface area contributed by atoms with E-state index in [9.17, 15) is 0 Å². The summed E-state index contributed by atoms with van der Waals surface area (Å²) in [4.78, 5) is 2.63. The monoisotopic (exact) mass is 336 g/mol. The van der Waals surface area contributed by atoms with Crippen LogP contribution in [0.3, 0.4) is 0 Å². The van der Waals surface area contributed by atoms with Crippen LogP contribution in [0.4, 0.5) is 0 Å². The first kappa shape index (κ1) is 15.8. The number of rotatable bonds is 3. The summed E-state index contributed by atoms with van der Waals surface area (Å²) in [6, 6.07) is 4.60. The fourth-order valence-electron chi connectivity index (χ4n) is 4.82. The van der Waals surface area contributed by atoms with Crippen molar-refractivity contribution in [3.8, 4) is 0 Å². The lowest BCUT2D eigenvalue weighted by Crippen LogP contribution is -2.35. The molecular formula is C17H25ClN4O. The number of ether oxygens (including phenoxy) is 1. The number of fused-ring (bicyclic) bond motifs is 1. The molecule has 4 atom stereocenters. The lowest BCUT2D eigenvalue weighted by atomic mass is 9.91. The Kier molecular flexibility index (Phi) is 4.54. The molecule has 0 amide bonds. The molecule has 2 N–H and O–H groups in total. The molecule has 2 aliphatic heterocycles. The van der Waals surface area contributed by atoms with E-state index < -0.39 is 0 Å². The van der Waals surface area contributed by atoms with Gasteiger partial charge in [-0.25, -0.2) is 0 Å². The summed E-state index contributed by atoms with van der Waals surface area (Å²) in [6.07, 6.45) is 4.59. The number of hydrogen-bond acceptors (Lipinski definition) is 5. The van der Waals surface area contributed by atoms with Crippen molar-refractivity contribution in [2.45, 2.75) is 37.8 Å². The fraction of sp³-hybridized carbons (Fsp3) is 0.765. The first-order valence-electron chi connectivity index (χ1n) is 8.77. The molecule has 3 fully saturated rings. The van der Waals surface area contributed by atoms with Crippen LogP contribution in [0.2, 0.25) is 5.15 Å². The Morgan fingerprint density at radius 1 is 1.22 bits per heavy atom. The summed E-state index contributed by atoms with van der Waals surface area (Å²) in [6.45, 7) is 4.09. The van der Waals surface area contributed by atoms with Crippen LogP contribution in [0, 0.1) is 17.8 Å². The fourth-order valence-corrected chi connectivity index (χ4v) is 4.92. The van der Waals surface area contributed by atoms with Gasteiger partial charge in [0, 0.05) is 32.3 Å². The molecule has 1 aromatic rings. The Hall–Kier alpha value is -0.750. The smallest absolute Gasteiger partial charge is 0.151 e. The normalized spacial score (nSPS) is 35.6. The Labute approximate surface area is 142 Å². The predicted octanol–water partition coefficient (Wildman–Crippen LogP) is 2.27. The zero-order chi connectivity index (χ0) is 15.8. The van der Waals surface area contributed by atoms with Gasteiger partial charge in [0.25, 0.3) is 0 Å². The lowest BCUT2D eigenvalue weighted by molar-refractivity contribution is 0.0480. The second kappa shape index (κ2) is 6.63. The van der Waals surface area contributed by atoms with Crippen LogP contribution in [0.25, 0.3) is 0 Å². The van der Waals surface area contributed by atoms with Gasteiger partial charge in [0.05, 0.1) is 11.7 Å². The molecule has 0 bridgehead atoms. The minimum atomic E-state index is 0.345. The highest BCUT2D eigenvalue weighted by atomic mass is 35.5. The number of aromatic nitrogens is 2. The van der Waals surface area contributed by atoms with Gasteiger partial charge in [-0.15, -0.1) is 5.10 Å². The summed E-state index contributed by atoms with van der Waals surface area (Å²) in [5.74, 6) is 2.05. The van der Waals surface area contributed by atoms with Crippen LogP contribution in [0.5, 0.6) is 0 Å². The standard InChI is InChI=1S/C17H25ClN4O/c18-16-2-1-15(20-21-16)17-14-8-13(19)7-12(14)10-22(17)9-11-3-5-23-6-4-11/h1-2,11-14,17H,3-10,19H2. The van der Waals surface area contributed by atoms with Crippen LogP contribution < -0.4 is 5.73 Å². The minimum Gasteiger partial charge on any atom is -0.381 e. The van der Waals surface area contributed by atoms with Crippen LogP contribution in [-0.2, 0) is 4.74 Å². The van der Waals surface area contributed by atoms with Crippen molar-refractivity contribution in [1.29, 1.82) is 0 Å². The van der Waals surface area contributed by atoms with Gasteiger partial charge in [-0.05, 0) is 55.6 Å². The molecule has 3 heterocycles. The number of likely N-dealkylation sites (tertiary alicyclic amines) is 1. The molecule has 5 nitrogen and oxygen atoms in total. The van der Waals surface area contributed by atoms with Crippen molar-refractivity contribution in [2.75, 3.05) is 26.3 Å². The van der Waals surface area contributed by atoms with Crippen LogP contribution in [0.15, 0.2) is 12.1 Å². The van der Waals surface area contributed by atoms with Crippen molar-refractivity contribution in [2.24, 2.45) is 23.5 Å². The molecule has 0 spiro atoms. The van der Waals surface area contributed by atoms with E-state index in [2.05, 4.69) is 15.1 Å². The molecule has 126 valence electrons. The van der Waals surface area contributed by atoms with Gasteiger partial charge in [0.15, 0.2) is 5.15 Å². The van der Waals surface area contributed by atoms with E-state index >= 15 is 0 Å². The summed E-state index contributed by atoms with van der Waals surface area (Å²) in [5, 5.41) is 8.94. The highest BCUT2D eigenvalue weighted by Gasteiger charge is 2.48. The Bertz CT molecular complexity index is 534. The van der Waals surface area contributed by atoms with Crippen molar-refractivity contribution in [3.63, 3.8) is 0 Å². The largest absolute Gasteiger partial charge is 0.381 e. The summed E-state index contributed by atoms with van der Waals surface area (Å²) in [5.41, 5.74) is 7.29. The maximum atomic E-state index is 6.23. The molecule has 23 heavy (non-hydrogen) atoms. The maximum absolute atomic E-state index is 6.23. The molecular weight excluding hydrogens is 312 g/mol. The number of halogens is 1. The predicted molar refractivity (Wildman–Crippen MR) is 89.1 cm³/mol. The third-order valence-corrected chi connectivity index (χ3v) is 6.04. The molecule has 4 rings (SSSR count). The zero-order valence-corrected chi connectivity index (χ0v) is 14.2. The Balaban J connectivity index is 1.55. The highest BCUT2D eigenvalue weighted by Crippen LogP contribution is 2.49. The summed E-state index contributed by atoms with van der Waals surface area (Å²) in [7, 11) is 0. The van der Waals surface area contributed by atoms with Gasteiger partial charge in [0.1, 0.15) is 0 Å². The van der Waals surface area contributed by atoms with Gasteiger partial charge in [-0.2, -0.15) is 5.10 Å². The first-order chi connectivity index (χ1) is 11.2. The van der Waals surface area contributed by atoms with E-state index in [1.807, 2.05) is 12.1 Å². The highest BCUT2D eigenvalue weighted by molar-refractivity contribution is 6.29. The number of nitrogens with zero attached hydrogens (tertiary/aromatic N) is 3. The molecule has 1 aromatic heterocycles. The lowest BCUT2D eigenvalue weighted by Gasteiger charge is -2.32. The summed E-state index contributed by atoms with van der Waals surface area (Å²) < 4.78 is 5.51. The molecule has 4 unspecified atom stereocenters. The van der Waals surface area contributed by atoms with E-state index in [0.29, 0.717) is 29.1 Å². The van der Waals surface area contributed by atoms with Gasteiger partial charge in [0.2, 0.25) is 0 Å². The van der Waals surface area contributed by atoms with Crippen molar-refractivity contribution >= 4 is 11.6 Å². The second-order valence-electron chi connectivity index (χ2n) is 7.39. The second-order valence-corrected chi connectivity index (χ2v) is 7.78. The molecule has 1 saturated carbocycles. The van der Waals surface area contributed by atoms with Gasteiger partial charge < -0.3 is 10.5 Å². The maximum Gasteiger partial charge on any atom is 0.151 e. The van der Waals surface area contributed by atoms with E-state index in [1.54, 1.807) is 0 Å². The quantitative estimate of drug-likeness (QED) is 0.917. The van der Waals surface area contributed by atoms with Crippen LogP contribution in [-0.4, -0.2) is 47.4 Å². The summed E-state index contributed by atoms with van der Waals surface area (Å²) >= 11 is 5.92. The Morgan fingerprint density at radius 2 is 2.04 bits per heavy atom. The van der Waals surface area contributed by atoms with Gasteiger partial charge >= 0.3 is 0 Å². The van der Waals surface area contributed by atoms with E-state index in [0.717, 1.165) is 50.8 Å². The first-order valence-corrected chi connectivity index (χ1v) is 9.15. The van der Waals surface area contributed by atoms with E-state index in [1.165, 1.54) is 12.8 Å². The van der Waals surface area contributed by atoms with Crippen molar-refractivity contribution < 1.29 is 4.74 Å². The van der Waals surface area contributed by atoms with Gasteiger partial charge in [-0.3, -0.25) is 4.90 Å². The number of hydrogen-bond donors (Lipinski definition) is 1. The number of nitrogens with two attached hydrogens (primary N) is 1. The molecule has 0 aromatic carbocycles. The average Bonchev–Trinajstić information content (AvgIpc) is 3.05. The zero-order valence-electron chi connectivity index (χ0n) is 13.4. The van der Waals surface area contributed by atoms with E-state index in [-0.39, 0.29) is 0 Å². The molecule has 6 heteroatoms. The molecule has 0 radical (unpaired) electrons. The third kappa shape index (κ3) is 3.25. The third-order valence-electron chi connectivity index (χ3n) is 5.84. The molecule has 2 saturated heterocycles. The van der Waals surface area contributed by atoms with Crippen molar-refractivity contribution in [1.82, 2.24) is 15.1 Å². The van der Waals surface area contributed by atoms with Crippen LogP contribution in [0.1, 0.15) is 37.4 Å². The minimum absolute atomic E-state index is 0.345. The van der Waals surface area contributed by atoms with Crippen LogP contribution >= 0.6 is 11.6 Å². The van der Waals surface area contributed by atoms with E-state index in [4.69, 9.17) is 22.1 Å². The molecule has 1 aliphatic carbocycles.